The quantitative estimate of drug-likeness (QED) is 0.631. The number of hydrogen-bond donors (Lipinski definition) is 1. The van der Waals surface area contributed by atoms with Gasteiger partial charge in [0.15, 0.2) is 0 Å². The van der Waals surface area contributed by atoms with Crippen LogP contribution < -0.4 is 10.6 Å². The average molecular weight is 421 g/mol. The third-order valence-corrected chi connectivity index (χ3v) is 5.35. The molecule has 0 fully saturated rings. The molecule has 1 aromatic heterocycles. The first kappa shape index (κ1) is 19.9. The van der Waals surface area contributed by atoms with E-state index in [1.807, 2.05) is 39.0 Å². The number of nitrogens with one attached hydrogen (secondary N) is 1. The summed E-state index contributed by atoms with van der Waals surface area (Å²) in [5.74, 6) is -0.298. The second-order valence-electron chi connectivity index (χ2n) is 7.42. The zero-order valence-electron chi connectivity index (χ0n) is 17.2. The predicted molar refractivity (Wildman–Crippen MR) is 121 cm³/mol. The lowest BCUT2D eigenvalue weighted by atomic mass is 10.1. The van der Waals surface area contributed by atoms with Crippen molar-refractivity contribution in [1.29, 1.82) is 0 Å². The fourth-order valence-electron chi connectivity index (χ4n) is 3.57. The van der Waals surface area contributed by atoms with Crippen LogP contribution in [-0.2, 0) is 4.79 Å². The minimum atomic E-state index is -0.298. The number of hydrazone groups is 1. The Morgan fingerprint density at radius 1 is 1.03 bits per heavy atom. The summed E-state index contributed by atoms with van der Waals surface area (Å²) in [5, 5.41) is 9.30. The van der Waals surface area contributed by atoms with E-state index in [1.54, 1.807) is 37.3 Å². The molecule has 1 aliphatic heterocycles. The topological polar surface area (TPSA) is 70.5 Å². The summed E-state index contributed by atoms with van der Waals surface area (Å²) in [6, 6.07) is 12.8. The standard InChI is InChI=1S/C23H21ClN4O2/c1-13-8-9-21(14(2)10-13)28-23(30)20(16(4)26-28)12-19-15(3)25-27(22(19)29)18-7-5-6-17(24)11-18/h5-12,26H,1-4H3/b19-12-. The van der Waals surface area contributed by atoms with Gasteiger partial charge in [-0.3, -0.25) is 14.7 Å². The van der Waals surface area contributed by atoms with E-state index in [0.29, 0.717) is 33.3 Å². The van der Waals surface area contributed by atoms with Crippen LogP contribution in [0.4, 0.5) is 5.69 Å². The summed E-state index contributed by atoms with van der Waals surface area (Å²) >= 11 is 6.05. The molecule has 6 nitrogen and oxygen atoms in total. The van der Waals surface area contributed by atoms with E-state index in [0.717, 1.165) is 16.8 Å². The van der Waals surface area contributed by atoms with E-state index in [2.05, 4.69) is 10.2 Å². The number of aryl methyl sites for hydroxylation is 3. The molecular weight excluding hydrogens is 400 g/mol. The maximum atomic E-state index is 13.1. The van der Waals surface area contributed by atoms with Gasteiger partial charge in [0.05, 0.1) is 28.2 Å². The predicted octanol–water partition coefficient (Wildman–Crippen LogP) is 4.55. The number of hydrogen-bond acceptors (Lipinski definition) is 3. The molecule has 0 saturated carbocycles. The fourth-order valence-corrected chi connectivity index (χ4v) is 3.75. The van der Waals surface area contributed by atoms with Crippen molar-refractivity contribution in [3.63, 3.8) is 0 Å². The monoisotopic (exact) mass is 420 g/mol. The average Bonchev–Trinajstić information content (AvgIpc) is 3.13. The lowest BCUT2D eigenvalue weighted by Gasteiger charge is -2.11. The van der Waals surface area contributed by atoms with Crippen molar-refractivity contribution in [3.05, 3.63) is 85.8 Å². The van der Waals surface area contributed by atoms with Gasteiger partial charge in [-0.05, 0) is 63.6 Å². The number of halogens is 1. The number of amides is 1. The highest BCUT2D eigenvalue weighted by Crippen LogP contribution is 2.27. The van der Waals surface area contributed by atoms with Crippen LogP contribution in [0.1, 0.15) is 29.3 Å². The van der Waals surface area contributed by atoms with Crippen molar-refractivity contribution in [3.8, 4) is 5.69 Å². The first-order valence-electron chi connectivity index (χ1n) is 9.53. The Kier molecular flexibility index (Phi) is 4.95. The second-order valence-corrected chi connectivity index (χ2v) is 7.86. The van der Waals surface area contributed by atoms with Crippen molar-refractivity contribution in [1.82, 2.24) is 9.78 Å². The van der Waals surface area contributed by atoms with E-state index < -0.39 is 0 Å². The number of H-pyrrole nitrogens is 1. The Balaban J connectivity index is 1.76. The molecule has 0 saturated heterocycles. The van der Waals surface area contributed by atoms with Crippen LogP contribution in [0.2, 0.25) is 5.02 Å². The van der Waals surface area contributed by atoms with Gasteiger partial charge in [0.1, 0.15) is 0 Å². The Morgan fingerprint density at radius 3 is 2.50 bits per heavy atom. The number of carbonyl (C=O) groups is 1. The van der Waals surface area contributed by atoms with Gasteiger partial charge in [0, 0.05) is 10.7 Å². The van der Waals surface area contributed by atoms with Gasteiger partial charge >= 0.3 is 0 Å². The third kappa shape index (κ3) is 3.39. The molecule has 2 aromatic carbocycles. The van der Waals surface area contributed by atoms with Gasteiger partial charge in [0.25, 0.3) is 11.5 Å². The zero-order valence-corrected chi connectivity index (χ0v) is 17.9. The molecule has 1 N–H and O–H groups in total. The molecule has 0 bridgehead atoms. The highest BCUT2D eigenvalue weighted by molar-refractivity contribution is 6.33. The molecule has 152 valence electrons. The molecule has 3 aromatic rings. The van der Waals surface area contributed by atoms with Gasteiger partial charge in [-0.25, -0.2) is 4.68 Å². The van der Waals surface area contributed by atoms with Crippen molar-refractivity contribution < 1.29 is 4.79 Å². The lowest BCUT2D eigenvalue weighted by Crippen LogP contribution is -2.22. The summed E-state index contributed by atoms with van der Waals surface area (Å²) in [7, 11) is 0. The maximum Gasteiger partial charge on any atom is 0.280 e. The smallest absolute Gasteiger partial charge is 0.280 e. The summed E-state index contributed by atoms with van der Waals surface area (Å²) in [6.07, 6.45) is 1.61. The van der Waals surface area contributed by atoms with Crippen molar-refractivity contribution in [2.75, 3.05) is 5.01 Å². The van der Waals surface area contributed by atoms with Crippen LogP contribution >= 0.6 is 11.6 Å². The van der Waals surface area contributed by atoms with Crippen LogP contribution in [0.25, 0.3) is 11.8 Å². The first-order chi connectivity index (χ1) is 14.3. The van der Waals surface area contributed by atoms with E-state index in [-0.39, 0.29) is 11.5 Å². The Bertz CT molecular complexity index is 1300. The largest absolute Gasteiger partial charge is 0.295 e. The van der Waals surface area contributed by atoms with E-state index >= 15 is 0 Å². The normalized spacial score (nSPS) is 15.2. The van der Waals surface area contributed by atoms with Crippen LogP contribution in [0.15, 0.2) is 57.9 Å². The molecule has 1 aliphatic rings. The van der Waals surface area contributed by atoms with Crippen LogP contribution in [-0.4, -0.2) is 21.4 Å². The summed E-state index contributed by atoms with van der Waals surface area (Å²) < 4.78 is 1.51. The number of carbonyl (C=O) groups excluding carboxylic acids is 1. The molecule has 2 heterocycles. The number of nitrogens with zero attached hydrogens (tertiary/aromatic N) is 3. The molecule has 0 spiro atoms. The summed E-state index contributed by atoms with van der Waals surface area (Å²) in [5.41, 5.74) is 5.28. The fraction of sp³-hybridized carbons (Fsp3) is 0.174. The number of benzene rings is 2. The Labute approximate surface area is 179 Å². The summed E-state index contributed by atoms with van der Waals surface area (Å²) in [6.45, 7) is 7.53. The minimum absolute atomic E-state index is 0.214. The lowest BCUT2D eigenvalue weighted by molar-refractivity contribution is -0.114. The molecule has 0 atom stereocenters. The third-order valence-electron chi connectivity index (χ3n) is 5.11. The molecule has 0 unspecified atom stereocenters. The molecule has 7 heteroatoms. The number of aromatic amines is 1. The van der Waals surface area contributed by atoms with E-state index in [4.69, 9.17) is 11.6 Å². The van der Waals surface area contributed by atoms with Crippen molar-refractivity contribution >= 4 is 35.0 Å². The minimum Gasteiger partial charge on any atom is -0.295 e. The van der Waals surface area contributed by atoms with Gasteiger partial charge in [-0.15, -0.1) is 0 Å². The van der Waals surface area contributed by atoms with Crippen LogP contribution in [0.5, 0.6) is 0 Å². The number of anilines is 1. The molecule has 1 amide bonds. The highest BCUT2D eigenvalue weighted by Gasteiger charge is 2.29. The Hall–Kier alpha value is -3.38. The maximum absolute atomic E-state index is 13.1. The van der Waals surface area contributed by atoms with Crippen LogP contribution in [0.3, 0.4) is 0 Å². The number of rotatable bonds is 3. The molecule has 30 heavy (non-hydrogen) atoms. The molecule has 4 rings (SSSR count). The Morgan fingerprint density at radius 2 is 1.80 bits per heavy atom. The zero-order chi connectivity index (χ0) is 21.6. The van der Waals surface area contributed by atoms with Gasteiger partial charge in [-0.2, -0.15) is 10.1 Å². The SMILES string of the molecule is CC1=NN(c2cccc(Cl)c2)C(=O)/C1=C\c1c(C)[nH]n(-c2ccc(C)cc2C)c1=O. The number of aromatic nitrogens is 2. The van der Waals surface area contributed by atoms with Crippen molar-refractivity contribution in [2.24, 2.45) is 5.10 Å². The molecular formula is C23H21ClN4O2. The van der Waals surface area contributed by atoms with E-state index in [1.165, 1.54) is 9.69 Å². The van der Waals surface area contributed by atoms with Gasteiger partial charge in [0.2, 0.25) is 0 Å². The van der Waals surface area contributed by atoms with Crippen LogP contribution in [0, 0.1) is 20.8 Å². The van der Waals surface area contributed by atoms with Crippen molar-refractivity contribution in [2.45, 2.75) is 27.7 Å². The van der Waals surface area contributed by atoms with Gasteiger partial charge in [-0.1, -0.05) is 35.4 Å². The first-order valence-corrected chi connectivity index (χ1v) is 9.90. The summed E-state index contributed by atoms with van der Waals surface area (Å²) in [4.78, 5) is 26.1. The molecule has 0 aliphatic carbocycles. The molecule has 0 radical (unpaired) electrons. The highest BCUT2D eigenvalue weighted by atomic mass is 35.5. The van der Waals surface area contributed by atoms with Gasteiger partial charge < -0.3 is 0 Å². The van der Waals surface area contributed by atoms with E-state index in [9.17, 15) is 9.59 Å². The second kappa shape index (κ2) is 7.46.